The van der Waals surface area contributed by atoms with Gasteiger partial charge in [-0.05, 0) is 0 Å². The minimum Gasteiger partial charge on any atom is -0.387 e. The van der Waals surface area contributed by atoms with E-state index in [0.717, 1.165) is 0 Å². The third kappa shape index (κ3) is 3.84. The second-order valence-electron chi connectivity index (χ2n) is 4.82. The molecule has 1 fully saturated rings. The summed E-state index contributed by atoms with van der Waals surface area (Å²) in [7, 11) is -4.87. The lowest BCUT2D eigenvalue weighted by Gasteiger charge is -2.18. The Morgan fingerprint density at radius 1 is 1.46 bits per heavy atom. The lowest BCUT2D eigenvalue weighted by Crippen LogP contribution is -2.38. The highest BCUT2D eigenvalue weighted by atomic mass is 31.2. The van der Waals surface area contributed by atoms with E-state index in [1.54, 1.807) is 0 Å². The second kappa shape index (κ2) is 6.64. The first kappa shape index (κ1) is 18.6. The summed E-state index contributed by atoms with van der Waals surface area (Å²) in [6, 6.07) is 0. The number of hydrogen-bond acceptors (Lipinski definition) is 8. The van der Waals surface area contributed by atoms with E-state index in [0.29, 0.717) is 10.8 Å². The molecule has 0 aromatic carbocycles. The first-order valence-electron chi connectivity index (χ1n) is 6.31. The van der Waals surface area contributed by atoms with Crippen molar-refractivity contribution in [1.29, 1.82) is 0 Å². The number of primary amides is 1. The van der Waals surface area contributed by atoms with Gasteiger partial charge in [-0.25, -0.2) is 9.55 Å². The molecule has 0 saturated carbocycles. The van der Waals surface area contributed by atoms with Gasteiger partial charge in [0.15, 0.2) is 11.9 Å². The highest BCUT2D eigenvalue weighted by Crippen LogP contribution is 2.38. The summed E-state index contributed by atoms with van der Waals surface area (Å²) in [5.41, 5.74) is 2.76. The molecule has 2 rings (SSSR count). The van der Waals surface area contributed by atoms with Crippen molar-refractivity contribution < 1.29 is 43.0 Å². The number of hydrogen-bond donors (Lipinski definition) is 5. The Kier molecular flexibility index (Phi) is 5.15. The number of aliphatic hydroxyl groups excluding tert-OH is 2. The number of carbonyl (C=O) groups is 1. The van der Waals surface area contributed by atoms with Gasteiger partial charge in [0.1, 0.15) is 18.3 Å². The summed E-state index contributed by atoms with van der Waals surface area (Å²) >= 11 is 0. The first-order chi connectivity index (χ1) is 11.0. The molecule has 4 atom stereocenters. The molecule has 0 aliphatic carbocycles. The fourth-order valence-corrected chi connectivity index (χ4v) is 2.44. The molecule has 1 aliphatic heterocycles. The normalized spacial score (nSPS) is 27.4. The van der Waals surface area contributed by atoms with Crippen molar-refractivity contribution in [3.05, 3.63) is 28.2 Å². The number of aliphatic hydroxyl groups is 2. The molecule has 14 heteroatoms. The van der Waals surface area contributed by atoms with Gasteiger partial charge in [0.25, 0.3) is 11.5 Å². The molecule has 24 heavy (non-hydrogen) atoms. The van der Waals surface area contributed by atoms with Gasteiger partial charge in [-0.3, -0.25) is 18.7 Å². The fourth-order valence-electron chi connectivity index (χ4n) is 2.10. The van der Waals surface area contributed by atoms with Gasteiger partial charge < -0.3 is 30.5 Å². The van der Waals surface area contributed by atoms with Crippen LogP contribution in [0.5, 0.6) is 0 Å². The highest BCUT2D eigenvalue weighted by Gasteiger charge is 2.45. The number of rotatable bonds is 5. The number of phosphoric ester groups is 1. The van der Waals surface area contributed by atoms with Crippen molar-refractivity contribution in [2.75, 3.05) is 6.61 Å². The molecule has 1 aromatic heterocycles. The Morgan fingerprint density at radius 3 is 2.62 bits per heavy atom. The summed E-state index contributed by atoms with van der Waals surface area (Å²) in [6.07, 6.45) is -6.06. The fraction of sp³-hybridized carbons (Fsp3) is 0.500. The van der Waals surface area contributed by atoms with Crippen LogP contribution in [0.1, 0.15) is 16.7 Å². The topological polar surface area (TPSA) is 194 Å². The Balaban J connectivity index is 2.32. The predicted molar refractivity (Wildman–Crippen MR) is 70.9 cm³/mol. The van der Waals surface area contributed by atoms with Crippen molar-refractivity contribution in [1.82, 2.24) is 9.55 Å². The molecule has 6 N–H and O–H groups in total. The van der Waals surface area contributed by atoms with Gasteiger partial charge in [0, 0.05) is 0 Å². The Labute approximate surface area is 132 Å². The third-order valence-electron chi connectivity index (χ3n) is 3.15. The Hall–Kier alpha value is -1.73. The molecular weight excluding hydrogens is 356 g/mol. The number of carbonyl (C=O) groups excluding carboxylic acids is 1. The van der Waals surface area contributed by atoms with Gasteiger partial charge >= 0.3 is 7.82 Å². The van der Waals surface area contributed by atoms with Gasteiger partial charge in [-0.1, -0.05) is 0 Å². The number of amides is 1. The number of aromatic nitrogens is 2. The smallest absolute Gasteiger partial charge is 0.387 e. The SMILES string of the molecule is NC(=O)c1nc(F)cn([C@@H]2O[C@H](COP(=O)(O)O)[C@@H](O)[C@H]2O)c1=O. The minimum absolute atomic E-state index is 0.452. The van der Waals surface area contributed by atoms with E-state index in [4.69, 9.17) is 20.3 Å². The summed E-state index contributed by atoms with van der Waals surface area (Å²) in [4.78, 5) is 43.4. The molecule has 1 saturated heterocycles. The maximum absolute atomic E-state index is 13.4. The van der Waals surface area contributed by atoms with Crippen LogP contribution in [-0.4, -0.2) is 60.4 Å². The van der Waals surface area contributed by atoms with E-state index in [9.17, 15) is 28.8 Å². The summed E-state index contributed by atoms with van der Waals surface area (Å²) in [5.74, 6) is -2.59. The van der Waals surface area contributed by atoms with Crippen LogP contribution in [0.4, 0.5) is 4.39 Å². The van der Waals surface area contributed by atoms with Crippen molar-refractivity contribution in [2.45, 2.75) is 24.5 Å². The molecule has 134 valence electrons. The second-order valence-corrected chi connectivity index (χ2v) is 6.06. The summed E-state index contributed by atoms with van der Waals surface area (Å²) in [5, 5.41) is 19.7. The third-order valence-corrected chi connectivity index (χ3v) is 3.64. The zero-order valence-electron chi connectivity index (χ0n) is 11.7. The van der Waals surface area contributed by atoms with E-state index in [-0.39, 0.29) is 0 Å². The summed E-state index contributed by atoms with van der Waals surface area (Å²) in [6.45, 7) is -0.815. The molecule has 2 heterocycles. The molecular formula is C10H13FN3O9P. The monoisotopic (exact) mass is 369 g/mol. The molecule has 0 unspecified atom stereocenters. The maximum Gasteiger partial charge on any atom is 0.469 e. The van der Waals surface area contributed by atoms with Crippen LogP contribution in [0, 0.1) is 5.95 Å². The lowest BCUT2D eigenvalue weighted by atomic mass is 10.1. The zero-order chi connectivity index (χ0) is 18.2. The van der Waals surface area contributed by atoms with Crippen molar-refractivity contribution in [3.8, 4) is 0 Å². The Bertz CT molecular complexity index is 750. The quantitative estimate of drug-likeness (QED) is 0.338. The van der Waals surface area contributed by atoms with Crippen LogP contribution >= 0.6 is 7.82 Å². The number of nitrogens with zero attached hydrogens (tertiary/aromatic N) is 2. The van der Waals surface area contributed by atoms with Gasteiger partial charge in [0.2, 0.25) is 5.95 Å². The van der Waals surface area contributed by atoms with Crippen LogP contribution in [-0.2, 0) is 13.8 Å². The van der Waals surface area contributed by atoms with Gasteiger partial charge in [-0.15, -0.1) is 0 Å². The van der Waals surface area contributed by atoms with E-state index < -0.39 is 62.1 Å². The maximum atomic E-state index is 13.4. The number of ether oxygens (including phenoxy) is 1. The van der Waals surface area contributed by atoms with Crippen LogP contribution in [0.3, 0.4) is 0 Å². The van der Waals surface area contributed by atoms with E-state index in [1.165, 1.54) is 0 Å². The lowest BCUT2D eigenvalue weighted by molar-refractivity contribution is -0.0542. The van der Waals surface area contributed by atoms with E-state index in [1.807, 2.05) is 0 Å². The van der Waals surface area contributed by atoms with Crippen LogP contribution in [0.2, 0.25) is 0 Å². The van der Waals surface area contributed by atoms with E-state index in [2.05, 4.69) is 9.51 Å². The number of phosphoric acid groups is 1. The molecule has 0 bridgehead atoms. The van der Waals surface area contributed by atoms with Crippen molar-refractivity contribution in [2.24, 2.45) is 5.73 Å². The van der Waals surface area contributed by atoms with E-state index >= 15 is 0 Å². The average molecular weight is 369 g/mol. The molecule has 12 nitrogen and oxygen atoms in total. The van der Waals surface area contributed by atoms with Gasteiger partial charge in [-0.2, -0.15) is 4.39 Å². The number of halogens is 1. The van der Waals surface area contributed by atoms with Gasteiger partial charge in [0.05, 0.1) is 12.8 Å². The molecule has 0 spiro atoms. The van der Waals surface area contributed by atoms with Crippen LogP contribution in [0.15, 0.2) is 11.0 Å². The zero-order valence-corrected chi connectivity index (χ0v) is 12.6. The molecule has 1 amide bonds. The molecule has 0 radical (unpaired) electrons. The predicted octanol–water partition coefficient (Wildman–Crippen LogP) is -2.79. The average Bonchev–Trinajstić information content (AvgIpc) is 2.74. The van der Waals surface area contributed by atoms with Crippen LogP contribution < -0.4 is 11.3 Å². The van der Waals surface area contributed by atoms with Crippen LogP contribution in [0.25, 0.3) is 0 Å². The number of nitrogens with two attached hydrogens (primary N) is 1. The van der Waals surface area contributed by atoms with Crippen molar-refractivity contribution in [3.63, 3.8) is 0 Å². The molecule has 1 aromatic rings. The summed E-state index contributed by atoms with van der Waals surface area (Å²) < 4.78 is 33.8. The first-order valence-corrected chi connectivity index (χ1v) is 7.84. The molecule has 1 aliphatic rings. The standard InChI is InChI=1S/C10H13FN3O9P/c11-4-1-14(9(18)5(13-4)8(12)17)10-7(16)6(15)3(23-10)2-22-24(19,20)21/h1,3,6-7,10,15-16H,2H2,(H2,12,17)(H2,19,20,21)/t3-,6-,7-,10-/m1/s1. The van der Waals surface area contributed by atoms with Crippen molar-refractivity contribution >= 4 is 13.7 Å². The largest absolute Gasteiger partial charge is 0.469 e. The minimum atomic E-state index is -4.87. The highest BCUT2D eigenvalue weighted by molar-refractivity contribution is 7.46. The Morgan fingerprint density at radius 2 is 2.08 bits per heavy atom.